The van der Waals surface area contributed by atoms with E-state index in [1.54, 1.807) is 13.8 Å². The molecule has 34 heavy (non-hydrogen) atoms. The number of benzene rings is 2. The minimum Gasteiger partial charge on any atom is -0.481 e. The van der Waals surface area contributed by atoms with Gasteiger partial charge in [-0.1, -0.05) is 68.3 Å². The number of fused-ring (bicyclic) bond motifs is 3. The van der Waals surface area contributed by atoms with Gasteiger partial charge in [0.2, 0.25) is 5.91 Å². The van der Waals surface area contributed by atoms with Crippen molar-refractivity contribution in [2.75, 3.05) is 13.2 Å². The SMILES string of the molecule is CC(NC(=O)OCC1c2ccccc2-c2ccccc21)C(C)C(=O)NCC(CC1CC1)C(=O)O. The molecule has 0 aliphatic heterocycles. The van der Waals surface area contributed by atoms with E-state index in [9.17, 15) is 19.5 Å². The van der Waals surface area contributed by atoms with Crippen LogP contribution < -0.4 is 10.6 Å². The van der Waals surface area contributed by atoms with Gasteiger partial charge in [0.25, 0.3) is 0 Å². The molecule has 0 spiro atoms. The van der Waals surface area contributed by atoms with Crippen LogP contribution in [0.25, 0.3) is 11.1 Å². The van der Waals surface area contributed by atoms with Gasteiger partial charge in [0.1, 0.15) is 6.61 Å². The fourth-order valence-electron chi connectivity index (χ4n) is 4.59. The molecule has 3 atom stereocenters. The Morgan fingerprint density at radius 1 is 1.00 bits per heavy atom. The molecule has 0 heterocycles. The lowest BCUT2D eigenvalue weighted by Gasteiger charge is -2.22. The number of hydrogen-bond donors (Lipinski definition) is 3. The Kier molecular flexibility index (Phi) is 7.20. The summed E-state index contributed by atoms with van der Waals surface area (Å²) in [5, 5.41) is 14.9. The molecule has 2 amide bonds. The molecule has 0 saturated heterocycles. The van der Waals surface area contributed by atoms with Crippen molar-refractivity contribution in [2.45, 2.75) is 45.1 Å². The third kappa shape index (κ3) is 5.41. The molecule has 180 valence electrons. The van der Waals surface area contributed by atoms with E-state index in [2.05, 4.69) is 34.9 Å². The molecular weight excluding hydrogens is 432 g/mol. The van der Waals surface area contributed by atoms with Crippen molar-refractivity contribution < 1.29 is 24.2 Å². The third-order valence-corrected chi connectivity index (χ3v) is 7.04. The van der Waals surface area contributed by atoms with Gasteiger partial charge in [0, 0.05) is 18.5 Å². The minimum atomic E-state index is -0.885. The van der Waals surface area contributed by atoms with Crippen LogP contribution in [-0.2, 0) is 14.3 Å². The van der Waals surface area contributed by atoms with Gasteiger partial charge in [-0.15, -0.1) is 0 Å². The summed E-state index contributed by atoms with van der Waals surface area (Å²) in [5.74, 6) is -1.85. The van der Waals surface area contributed by atoms with Crippen LogP contribution in [0.5, 0.6) is 0 Å². The zero-order chi connectivity index (χ0) is 24.2. The number of carboxylic acids is 1. The van der Waals surface area contributed by atoms with Crippen LogP contribution in [0.1, 0.15) is 50.2 Å². The topological polar surface area (TPSA) is 105 Å². The summed E-state index contributed by atoms with van der Waals surface area (Å²) in [4.78, 5) is 36.5. The van der Waals surface area contributed by atoms with E-state index >= 15 is 0 Å². The summed E-state index contributed by atoms with van der Waals surface area (Å²) in [7, 11) is 0. The van der Waals surface area contributed by atoms with Crippen molar-refractivity contribution in [2.24, 2.45) is 17.8 Å². The highest BCUT2D eigenvalue weighted by Crippen LogP contribution is 2.44. The maximum Gasteiger partial charge on any atom is 0.407 e. The Balaban J connectivity index is 1.27. The quantitative estimate of drug-likeness (QED) is 0.490. The van der Waals surface area contributed by atoms with E-state index in [1.165, 1.54) is 0 Å². The Morgan fingerprint density at radius 3 is 2.15 bits per heavy atom. The summed E-state index contributed by atoms with van der Waals surface area (Å²) in [6.45, 7) is 3.76. The molecule has 1 saturated carbocycles. The molecule has 2 aliphatic carbocycles. The fourth-order valence-corrected chi connectivity index (χ4v) is 4.59. The molecule has 2 aromatic carbocycles. The molecule has 2 aromatic rings. The molecule has 3 N–H and O–H groups in total. The van der Waals surface area contributed by atoms with Crippen molar-refractivity contribution in [1.82, 2.24) is 10.6 Å². The van der Waals surface area contributed by atoms with Crippen LogP contribution in [0, 0.1) is 17.8 Å². The van der Waals surface area contributed by atoms with E-state index in [-0.39, 0.29) is 25.0 Å². The van der Waals surface area contributed by atoms with Crippen LogP contribution in [0.2, 0.25) is 0 Å². The van der Waals surface area contributed by atoms with Crippen molar-refractivity contribution in [1.29, 1.82) is 0 Å². The Morgan fingerprint density at radius 2 is 1.59 bits per heavy atom. The van der Waals surface area contributed by atoms with Crippen LogP contribution in [0.15, 0.2) is 48.5 Å². The fraction of sp³-hybridized carbons (Fsp3) is 0.444. The zero-order valence-corrected chi connectivity index (χ0v) is 19.6. The number of rotatable bonds is 10. The van der Waals surface area contributed by atoms with E-state index in [0.717, 1.165) is 35.1 Å². The van der Waals surface area contributed by atoms with Gasteiger partial charge in [-0.3, -0.25) is 9.59 Å². The summed E-state index contributed by atoms with van der Waals surface area (Å²) in [5.41, 5.74) is 4.59. The second kappa shape index (κ2) is 10.3. The highest BCUT2D eigenvalue weighted by atomic mass is 16.5. The van der Waals surface area contributed by atoms with Crippen LogP contribution in [0.3, 0.4) is 0 Å². The Labute approximate surface area is 199 Å². The van der Waals surface area contributed by atoms with E-state index in [0.29, 0.717) is 12.3 Å². The minimum absolute atomic E-state index is 0.0337. The predicted octanol–water partition coefficient (Wildman–Crippen LogP) is 4.17. The van der Waals surface area contributed by atoms with Gasteiger partial charge in [0.15, 0.2) is 0 Å². The number of carboxylic acid groups (broad SMARTS) is 1. The second-order valence-electron chi connectivity index (χ2n) is 9.51. The van der Waals surface area contributed by atoms with E-state index in [1.807, 2.05) is 24.3 Å². The highest BCUT2D eigenvalue weighted by molar-refractivity contribution is 5.81. The van der Waals surface area contributed by atoms with Gasteiger partial charge in [-0.25, -0.2) is 4.79 Å². The molecule has 0 aromatic heterocycles. The largest absolute Gasteiger partial charge is 0.481 e. The van der Waals surface area contributed by atoms with E-state index < -0.39 is 29.9 Å². The molecule has 2 aliphatic rings. The first-order chi connectivity index (χ1) is 16.3. The highest BCUT2D eigenvalue weighted by Gasteiger charge is 2.31. The summed E-state index contributed by atoms with van der Waals surface area (Å²) >= 11 is 0. The van der Waals surface area contributed by atoms with Gasteiger partial charge < -0.3 is 20.5 Å². The molecule has 3 unspecified atom stereocenters. The second-order valence-corrected chi connectivity index (χ2v) is 9.51. The normalized spacial score (nSPS) is 17.1. The maximum atomic E-state index is 12.5. The van der Waals surface area contributed by atoms with Crippen LogP contribution in [0.4, 0.5) is 4.79 Å². The van der Waals surface area contributed by atoms with Crippen molar-refractivity contribution >= 4 is 18.0 Å². The summed E-state index contributed by atoms with van der Waals surface area (Å²) in [6, 6.07) is 15.8. The Bertz CT molecular complexity index is 1020. The predicted molar refractivity (Wildman–Crippen MR) is 128 cm³/mol. The van der Waals surface area contributed by atoms with Crippen molar-refractivity contribution in [3.63, 3.8) is 0 Å². The van der Waals surface area contributed by atoms with Gasteiger partial charge in [0.05, 0.1) is 11.8 Å². The summed E-state index contributed by atoms with van der Waals surface area (Å²) < 4.78 is 5.56. The zero-order valence-electron chi connectivity index (χ0n) is 19.6. The first-order valence-electron chi connectivity index (χ1n) is 12.0. The number of amides is 2. The molecular formula is C27H32N2O5. The third-order valence-electron chi connectivity index (χ3n) is 7.04. The van der Waals surface area contributed by atoms with Crippen LogP contribution in [-0.4, -0.2) is 42.3 Å². The molecule has 1 fully saturated rings. The number of alkyl carbamates (subject to hydrolysis) is 1. The first kappa shape index (κ1) is 23.8. The lowest BCUT2D eigenvalue weighted by atomic mass is 9.98. The standard InChI is InChI=1S/C27H32N2O5/c1-16(25(30)28-14-19(26(31)32)13-18-11-12-18)17(2)29-27(33)34-15-24-22-9-5-3-7-20(22)21-8-4-6-10-23(21)24/h3-10,16-19,24H,11-15H2,1-2H3,(H,28,30)(H,29,33)(H,31,32). The van der Waals surface area contributed by atoms with Gasteiger partial charge in [-0.05, 0) is 41.5 Å². The molecule has 7 heteroatoms. The number of aliphatic carboxylic acids is 1. The van der Waals surface area contributed by atoms with Crippen molar-refractivity contribution in [3.05, 3.63) is 59.7 Å². The smallest absolute Gasteiger partial charge is 0.407 e. The van der Waals surface area contributed by atoms with Gasteiger partial charge >= 0.3 is 12.1 Å². The molecule has 0 bridgehead atoms. The van der Waals surface area contributed by atoms with Crippen molar-refractivity contribution in [3.8, 4) is 11.1 Å². The molecule has 0 radical (unpaired) electrons. The average molecular weight is 465 g/mol. The van der Waals surface area contributed by atoms with Crippen LogP contribution >= 0.6 is 0 Å². The lowest BCUT2D eigenvalue weighted by molar-refractivity contribution is -0.142. The first-order valence-corrected chi connectivity index (χ1v) is 12.0. The summed E-state index contributed by atoms with van der Waals surface area (Å²) in [6.07, 6.45) is 2.15. The number of carbonyl (C=O) groups is 3. The lowest BCUT2D eigenvalue weighted by Crippen LogP contribution is -2.45. The number of ether oxygens (including phenoxy) is 1. The number of hydrogen-bond acceptors (Lipinski definition) is 4. The van der Waals surface area contributed by atoms with Gasteiger partial charge in [-0.2, -0.15) is 0 Å². The number of carbonyl (C=O) groups excluding carboxylic acids is 2. The number of nitrogens with one attached hydrogen (secondary N) is 2. The average Bonchev–Trinajstić information content (AvgIpc) is 3.60. The Hall–Kier alpha value is -3.35. The molecule has 7 nitrogen and oxygen atoms in total. The molecule has 4 rings (SSSR count). The monoisotopic (exact) mass is 464 g/mol. The maximum absolute atomic E-state index is 12.5. The van der Waals surface area contributed by atoms with E-state index in [4.69, 9.17) is 4.74 Å².